The smallest absolute Gasteiger partial charge is 0.254 e. The first-order valence-electron chi connectivity index (χ1n) is 12.5. The van der Waals surface area contributed by atoms with Crippen LogP contribution in [0.4, 0.5) is 0 Å². The number of rotatable bonds is 4. The number of allylic oxidation sites excluding steroid dienone is 2. The van der Waals surface area contributed by atoms with Crippen LogP contribution in [0.2, 0.25) is 0 Å². The number of amides is 4. The number of fused-ring (bicyclic) bond motifs is 4. The van der Waals surface area contributed by atoms with Gasteiger partial charge < -0.3 is 14.6 Å². The van der Waals surface area contributed by atoms with Crippen LogP contribution in [0.25, 0.3) is 0 Å². The first kappa shape index (κ1) is 28.2. The van der Waals surface area contributed by atoms with Crippen molar-refractivity contribution >= 4 is 62.8 Å². The van der Waals surface area contributed by atoms with Crippen molar-refractivity contribution in [3.63, 3.8) is 0 Å². The number of benzene rings is 1. The Balaban J connectivity index is 1.78. The van der Waals surface area contributed by atoms with Gasteiger partial charge in [0.15, 0.2) is 9.75 Å². The highest BCUT2D eigenvalue weighted by Gasteiger charge is 2.77. The first-order valence-corrected chi connectivity index (χ1v) is 14.4. The average molecular weight is 644 g/mol. The van der Waals surface area contributed by atoms with E-state index in [1.165, 1.54) is 31.3 Å². The fourth-order valence-corrected chi connectivity index (χ4v) is 8.30. The van der Waals surface area contributed by atoms with Crippen molar-refractivity contribution in [3.05, 3.63) is 29.3 Å². The van der Waals surface area contributed by atoms with Crippen LogP contribution in [0, 0.1) is 17.8 Å². The van der Waals surface area contributed by atoms with Crippen molar-refractivity contribution in [2.24, 2.45) is 17.8 Å². The van der Waals surface area contributed by atoms with Gasteiger partial charge in [-0.15, -0.1) is 23.2 Å². The van der Waals surface area contributed by atoms with Gasteiger partial charge in [-0.1, -0.05) is 27.6 Å². The van der Waals surface area contributed by atoms with Crippen molar-refractivity contribution < 1.29 is 33.8 Å². The molecular formula is C27H29BrCl2N2O7. The van der Waals surface area contributed by atoms with Gasteiger partial charge in [-0.05, 0) is 39.5 Å². The van der Waals surface area contributed by atoms with Crippen molar-refractivity contribution in [1.82, 2.24) is 9.80 Å². The number of carbonyl (C=O) groups is 4. The van der Waals surface area contributed by atoms with Crippen molar-refractivity contribution in [3.8, 4) is 17.2 Å². The van der Waals surface area contributed by atoms with E-state index in [9.17, 15) is 24.3 Å². The van der Waals surface area contributed by atoms with E-state index in [1.54, 1.807) is 20.8 Å². The number of likely N-dealkylation sites (tertiary alicyclic amines) is 2. The van der Waals surface area contributed by atoms with Crippen LogP contribution in [-0.2, 0) is 19.2 Å². The molecule has 4 amide bonds. The maximum atomic E-state index is 13.9. The molecule has 9 nitrogen and oxygen atoms in total. The maximum absolute atomic E-state index is 13.9. The molecule has 1 aromatic carbocycles. The van der Waals surface area contributed by atoms with Gasteiger partial charge in [-0.2, -0.15) is 0 Å². The number of carbonyl (C=O) groups excluding carboxylic acids is 4. The summed E-state index contributed by atoms with van der Waals surface area (Å²) in [4.78, 5) is 53.1. The van der Waals surface area contributed by atoms with Gasteiger partial charge in [0.1, 0.15) is 17.2 Å². The summed E-state index contributed by atoms with van der Waals surface area (Å²) in [7, 11) is 2.82. The lowest BCUT2D eigenvalue weighted by Crippen LogP contribution is -2.60. The molecule has 210 valence electrons. The number of imide groups is 2. The molecule has 12 heteroatoms. The quantitative estimate of drug-likeness (QED) is 0.229. The van der Waals surface area contributed by atoms with Crippen LogP contribution in [0.5, 0.6) is 17.2 Å². The van der Waals surface area contributed by atoms with E-state index < -0.39 is 50.8 Å². The van der Waals surface area contributed by atoms with Gasteiger partial charge >= 0.3 is 0 Å². The molecule has 1 saturated carbocycles. The number of hydrogen-bond donors (Lipinski definition) is 1. The second-order valence-corrected chi connectivity index (χ2v) is 13.2. The SMILES string of the molecule is COc1cc(O)c([C@H]2C3=CC[C@@H]4C(=O)N(C(C)(C)C)C(=O)[C@@H]4[C@@H]3C[C@@]3(Cl)C(=O)N(CBr)C(=O)[C@@]23Cl)c(OC)c1. The monoisotopic (exact) mass is 642 g/mol. The Morgan fingerprint density at radius 3 is 2.28 bits per heavy atom. The third-order valence-corrected chi connectivity index (χ3v) is 10.4. The molecule has 2 saturated heterocycles. The number of halogens is 3. The van der Waals surface area contributed by atoms with Crippen molar-refractivity contribution in [2.75, 3.05) is 19.7 Å². The Hall–Kier alpha value is -2.30. The molecule has 6 atom stereocenters. The number of nitrogens with zero attached hydrogens (tertiary/aromatic N) is 2. The highest BCUT2D eigenvalue weighted by molar-refractivity contribution is 9.09. The molecule has 2 aliphatic heterocycles. The Morgan fingerprint density at radius 1 is 1.05 bits per heavy atom. The number of phenols is 1. The van der Waals surface area contributed by atoms with Gasteiger partial charge in [0.05, 0.1) is 31.5 Å². The first-order chi connectivity index (χ1) is 18.2. The van der Waals surface area contributed by atoms with E-state index in [2.05, 4.69) is 15.9 Å². The summed E-state index contributed by atoms with van der Waals surface area (Å²) in [6.45, 7) is 5.37. The van der Waals surface area contributed by atoms with E-state index >= 15 is 0 Å². The van der Waals surface area contributed by atoms with E-state index in [1.807, 2.05) is 6.08 Å². The van der Waals surface area contributed by atoms with E-state index in [0.717, 1.165) is 4.90 Å². The summed E-state index contributed by atoms with van der Waals surface area (Å²) in [6, 6.07) is 2.90. The molecule has 1 N–H and O–H groups in total. The number of methoxy groups -OCH3 is 2. The van der Waals surface area contributed by atoms with Crippen LogP contribution in [0.15, 0.2) is 23.8 Å². The molecule has 0 unspecified atom stereocenters. The van der Waals surface area contributed by atoms with Gasteiger partial charge in [0, 0.05) is 29.2 Å². The fourth-order valence-electron chi connectivity index (χ4n) is 6.90. The second-order valence-electron chi connectivity index (χ2n) is 11.4. The minimum atomic E-state index is -2.05. The normalized spacial score (nSPS) is 34.1. The molecule has 2 heterocycles. The summed E-state index contributed by atoms with van der Waals surface area (Å²) >= 11 is 17.6. The number of aromatic hydroxyl groups is 1. The molecular weight excluding hydrogens is 615 g/mol. The number of alkyl halides is 3. The zero-order valence-electron chi connectivity index (χ0n) is 22.1. The lowest BCUT2D eigenvalue weighted by Gasteiger charge is -2.51. The standard InChI is InChI=1S/C27H29BrCl2N2O7/c1-25(2,3)32-21(34)14-7-6-13-15(18(14)22(32)35)10-26(29)23(36)31(11-28)24(37)27(26,30)20(13)19-16(33)8-12(38-4)9-17(19)39-5/h6,8-9,14-15,18,20,33H,7,10-11H2,1-5H3/t14-,15+,18-,20+,26+,27-/m0/s1. The molecule has 1 aromatic rings. The molecule has 0 spiro atoms. The predicted molar refractivity (Wildman–Crippen MR) is 146 cm³/mol. The van der Waals surface area contributed by atoms with Gasteiger partial charge in [-0.3, -0.25) is 29.0 Å². The minimum absolute atomic E-state index is 0.133. The van der Waals surface area contributed by atoms with E-state index in [4.69, 9.17) is 32.7 Å². The van der Waals surface area contributed by atoms with Crippen molar-refractivity contribution in [2.45, 2.75) is 54.8 Å². The minimum Gasteiger partial charge on any atom is -0.507 e. The molecule has 4 aliphatic rings. The lowest BCUT2D eigenvalue weighted by atomic mass is 9.56. The molecule has 3 fully saturated rings. The fraction of sp³-hybridized carbons (Fsp3) is 0.556. The van der Waals surface area contributed by atoms with Crippen molar-refractivity contribution in [1.29, 1.82) is 0 Å². The third kappa shape index (κ3) is 3.56. The highest BCUT2D eigenvalue weighted by atomic mass is 79.9. The van der Waals surface area contributed by atoms with Crippen LogP contribution >= 0.6 is 39.1 Å². The molecule has 0 aromatic heterocycles. The van der Waals surface area contributed by atoms with Crippen LogP contribution in [0.3, 0.4) is 0 Å². The molecule has 2 aliphatic carbocycles. The van der Waals surface area contributed by atoms with Gasteiger partial charge in [-0.25, -0.2) is 0 Å². The highest BCUT2D eigenvalue weighted by Crippen LogP contribution is 2.67. The Morgan fingerprint density at radius 2 is 1.72 bits per heavy atom. The van der Waals surface area contributed by atoms with E-state index in [-0.39, 0.29) is 47.2 Å². The summed E-state index contributed by atoms with van der Waals surface area (Å²) in [5.74, 6) is -5.16. The number of ether oxygens (including phenoxy) is 2. The molecule has 39 heavy (non-hydrogen) atoms. The van der Waals surface area contributed by atoms with Gasteiger partial charge in [0.25, 0.3) is 11.8 Å². The van der Waals surface area contributed by atoms with Crippen LogP contribution < -0.4 is 9.47 Å². The molecule has 0 bridgehead atoms. The average Bonchev–Trinajstić information content (AvgIpc) is 3.22. The summed E-state index contributed by atoms with van der Waals surface area (Å²) in [5.41, 5.74) is -0.180. The van der Waals surface area contributed by atoms with Gasteiger partial charge in [0.2, 0.25) is 11.8 Å². The largest absolute Gasteiger partial charge is 0.507 e. The predicted octanol–water partition coefficient (Wildman–Crippen LogP) is 3.92. The summed E-state index contributed by atoms with van der Waals surface area (Å²) in [5, 5.41) is 11.3. The Kier molecular flexibility index (Phi) is 6.59. The maximum Gasteiger partial charge on any atom is 0.254 e. The van der Waals surface area contributed by atoms with Crippen LogP contribution in [0.1, 0.15) is 45.1 Å². The summed E-state index contributed by atoms with van der Waals surface area (Å²) in [6.07, 6.45) is 1.91. The van der Waals surface area contributed by atoms with E-state index in [0.29, 0.717) is 11.3 Å². The molecule has 5 rings (SSSR count). The number of phenolic OH excluding ortho intramolecular Hbond substituents is 1. The zero-order chi connectivity index (χ0) is 28.8. The zero-order valence-corrected chi connectivity index (χ0v) is 25.2. The number of hydrogen-bond acceptors (Lipinski definition) is 7. The Labute approximate surface area is 244 Å². The lowest BCUT2D eigenvalue weighted by molar-refractivity contribution is -0.146. The summed E-state index contributed by atoms with van der Waals surface area (Å²) < 4.78 is 10.9. The Bertz CT molecular complexity index is 1340. The third-order valence-electron chi connectivity index (χ3n) is 8.52. The topological polar surface area (TPSA) is 113 Å². The molecule has 0 radical (unpaired) electrons. The second kappa shape index (κ2) is 9.11. The van der Waals surface area contributed by atoms with Crippen LogP contribution in [-0.4, -0.2) is 73.5 Å².